The fourth-order valence-corrected chi connectivity index (χ4v) is 4.62. The molecule has 192 valence electrons. The third-order valence-corrected chi connectivity index (χ3v) is 6.58. The number of hydrogen-bond donors (Lipinski definition) is 1. The van der Waals surface area contributed by atoms with Crippen molar-refractivity contribution in [3.63, 3.8) is 0 Å². The number of carbonyl (C=O) groups excluding carboxylic acids is 1. The lowest BCUT2D eigenvalue weighted by atomic mass is 10.1. The second-order valence-corrected chi connectivity index (χ2v) is 8.94. The molecule has 10 heteroatoms. The van der Waals surface area contributed by atoms with Crippen LogP contribution in [0.15, 0.2) is 70.6 Å². The van der Waals surface area contributed by atoms with Gasteiger partial charge in [0.25, 0.3) is 11.5 Å². The van der Waals surface area contributed by atoms with Crippen molar-refractivity contribution in [1.82, 2.24) is 14.9 Å². The highest BCUT2D eigenvalue weighted by Gasteiger charge is 2.17. The summed E-state index contributed by atoms with van der Waals surface area (Å²) in [6.45, 7) is 0.745. The summed E-state index contributed by atoms with van der Waals surface area (Å²) in [6.07, 6.45) is 0. The molecule has 37 heavy (non-hydrogen) atoms. The molecule has 0 radical (unpaired) electrons. The molecule has 0 saturated heterocycles. The number of benzene rings is 3. The summed E-state index contributed by atoms with van der Waals surface area (Å²) in [4.78, 5) is 31.1. The van der Waals surface area contributed by atoms with Crippen LogP contribution >= 0.6 is 11.8 Å². The number of thioether (sulfide) groups is 1. The summed E-state index contributed by atoms with van der Waals surface area (Å²) in [5.41, 5.74) is 1.83. The van der Waals surface area contributed by atoms with Gasteiger partial charge in [-0.2, -0.15) is 0 Å². The zero-order valence-corrected chi connectivity index (χ0v) is 21.4. The molecule has 4 rings (SSSR count). The van der Waals surface area contributed by atoms with Crippen LogP contribution in [0.3, 0.4) is 0 Å². The molecule has 0 saturated carbocycles. The van der Waals surface area contributed by atoms with Crippen molar-refractivity contribution in [1.29, 1.82) is 0 Å². The van der Waals surface area contributed by atoms with Crippen molar-refractivity contribution >= 4 is 28.6 Å². The third-order valence-electron chi connectivity index (χ3n) is 5.57. The zero-order chi connectivity index (χ0) is 26.4. The summed E-state index contributed by atoms with van der Waals surface area (Å²) in [6, 6.07) is 16.1. The maximum Gasteiger partial charge on any atom is 0.266 e. The fraction of sp³-hybridized carbons (Fsp3) is 0.222. The Kier molecular flexibility index (Phi) is 8.42. The largest absolute Gasteiger partial charge is 0.497 e. The van der Waals surface area contributed by atoms with Crippen molar-refractivity contribution in [2.75, 3.05) is 34.5 Å². The Morgan fingerprint density at radius 1 is 1.00 bits per heavy atom. The number of ether oxygens (including phenoxy) is 3. The first kappa shape index (κ1) is 26.2. The summed E-state index contributed by atoms with van der Waals surface area (Å²) in [7, 11) is 4.62. The number of fused-ring (bicyclic) bond motifs is 1. The van der Waals surface area contributed by atoms with Crippen LogP contribution in [-0.4, -0.2) is 49.9 Å². The van der Waals surface area contributed by atoms with E-state index >= 15 is 0 Å². The van der Waals surface area contributed by atoms with Gasteiger partial charge in [0.1, 0.15) is 17.3 Å². The molecule has 8 nitrogen and oxygen atoms in total. The van der Waals surface area contributed by atoms with E-state index in [9.17, 15) is 14.0 Å². The van der Waals surface area contributed by atoms with Gasteiger partial charge in [-0.1, -0.05) is 23.9 Å². The molecule has 0 aliphatic rings. The molecule has 0 aliphatic carbocycles. The molecule has 1 aromatic heterocycles. The van der Waals surface area contributed by atoms with Crippen LogP contribution in [0.2, 0.25) is 0 Å². The Bertz CT molecular complexity index is 1450. The van der Waals surface area contributed by atoms with E-state index in [1.807, 2.05) is 0 Å². The summed E-state index contributed by atoms with van der Waals surface area (Å²) < 4.78 is 30.6. The molecule has 0 fully saturated rings. The predicted octanol–water partition coefficient (Wildman–Crippen LogP) is 4.21. The second-order valence-electron chi connectivity index (χ2n) is 8.00. The van der Waals surface area contributed by atoms with E-state index in [-0.39, 0.29) is 17.3 Å². The van der Waals surface area contributed by atoms with E-state index in [0.29, 0.717) is 57.7 Å². The van der Waals surface area contributed by atoms with Crippen LogP contribution in [0.1, 0.15) is 15.9 Å². The first-order valence-electron chi connectivity index (χ1n) is 11.4. The standard InChI is InChI=1S/C27H26FN3O5S/c1-34-11-10-29-25(32)18-6-9-23-24(12-18)30-27(37-16-17-4-7-19(28)8-5-17)31(26(23)33)20-13-21(35-2)15-22(14-20)36-3/h4-9,12-15H,10-11,16H2,1-3H3,(H,29,32). The molecule has 0 bridgehead atoms. The topological polar surface area (TPSA) is 91.7 Å². The minimum absolute atomic E-state index is 0.289. The van der Waals surface area contributed by atoms with Crippen LogP contribution in [0.5, 0.6) is 11.5 Å². The second kappa shape index (κ2) is 11.9. The van der Waals surface area contributed by atoms with Crippen LogP contribution in [0, 0.1) is 5.82 Å². The molecular formula is C27H26FN3O5S. The average molecular weight is 524 g/mol. The van der Waals surface area contributed by atoms with Gasteiger partial charge in [-0.05, 0) is 35.9 Å². The van der Waals surface area contributed by atoms with Crippen LogP contribution in [-0.2, 0) is 10.5 Å². The highest BCUT2D eigenvalue weighted by atomic mass is 32.2. The number of hydrogen-bond acceptors (Lipinski definition) is 7. The van der Waals surface area contributed by atoms with Crippen LogP contribution in [0.4, 0.5) is 4.39 Å². The van der Waals surface area contributed by atoms with Gasteiger partial charge in [0, 0.05) is 43.2 Å². The maximum absolute atomic E-state index is 13.8. The van der Waals surface area contributed by atoms with E-state index in [1.165, 1.54) is 42.7 Å². The Morgan fingerprint density at radius 2 is 1.70 bits per heavy atom. The van der Waals surface area contributed by atoms with E-state index in [4.69, 9.17) is 19.2 Å². The molecule has 1 amide bonds. The van der Waals surface area contributed by atoms with Gasteiger partial charge in [-0.15, -0.1) is 0 Å². The number of nitrogens with one attached hydrogen (secondary N) is 1. The molecule has 0 aliphatic heterocycles. The van der Waals surface area contributed by atoms with E-state index in [0.717, 1.165) is 5.56 Å². The van der Waals surface area contributed by atoms with Gasteiger partial charge in [0.2, 0.25) is 0 Å². The number of nitrogens with zero attached hydrogens (tertiary/aromatic N) is 2. The van der Waals surface area contributed by atoms with Crippen molar-refractivity contribution in [3.8, 4) is 17.2 Å². The van der Waals surface area contributed by atoms with Gasteiger partial charge < -0.3 is 19.5 Å². The lowest BCUT2D eigenvalue weighted by Gasteiger charge is -2.16. The van der Waals surface area contributed by atoms with Crippen LogP contribution in [0.25, 0.3) is 16.6 Å². The Labute approximate surface area is 217 Å². The number of carbonyl (C=O) groups is 1. The molecule has 1 N–H and O–H groups in total. The number of aromatic nitrogens is 2. The minimum atomic E-state index is -0.325. The first-order valence-corrected chi connectivity index (χ1v) is 12.4. The predicted molar refractivity (Wildman–Crippen MR) is 141 cm³/mol. The molecular weight excluding hydrogens is 497 g/mol. The molecule has 1 heterocycles. The quantitative estimate of drug-likeness (QED) is 0.189. The summed E-state index contributed by atoms with van der Waals surface area (Å²) in [5, 5.41) is 3.51. The number of halogens is 1. The van der Waals surface area contributed by atoms with E-state index in [1.54, 1.807) is 55.6 Å². The fourth-order valence-electron chi connectivity index (χ4n) is 3.65. The lowest BCUT2D eigenvalue weighted by Crippen LogP contribution is -2.27. The Balaban J connectivity index is 1.82. The van der Waals surface area contributed by atoms with E-state index < -0.39 is 0 Å². The smallest absolute Gasteiger partial charge is 0.266 e. The third kappa shape index (κ3) is 6.10. The highest BCUT2D eigenvalue weighted by Crippen LogP contribution is 2.29. The molecule has 0 atom stereocenters. The zero-order valence-electron chi connectivity index (χ0n) is 20.6. The van der Waals surface area contributed by atoms with Gasteiger partial charge in [0.15, 0.2) is 5.16 Å². The van der Waals surface area contributed by atoms with Crippen molar-refractivity contribution in [2.45, 2.75) is 10.9 Å². The van der Waals surface area contributed by atoms with Crippen LogP contribution < -0.4 is 20.3 Å². The first-order chi connectivity index (χ1) is 17.9. The Morgan fingerprint density at radius 3 is 2.35 bits per heavy atom. The van der Waals surface area contributed by atoms with Crippen molar-refractivity contribution in [2.24, 2.45) is 0 Å². The van der Waals surface area contributed by atoms with Gasteiger partial charge in [0.05, 0.1) is 37.4 Å². The number of amides is 1. The van der Waals surface area contributed by atoms with Gasteiger partial charge >= 0.3 is 0 Å². The normalized spacial score (nSPS) is 10.9. The van der Waals surface area contributed by atoms with Gasteiger partial charge in [-0.3, -0.25) is 14.2 Å². The Hall–Kier alpha value is -3.89. The lowest BCUT2D eigenvalue weighted by molar-refractivity contribution is 0.0937. The highest BCUT2D eigenvalue weighted by molar-refractivity contribution is 7.98. The van der Waals surface area contributed by atoms with Crippen molar-refractivity contribution in [3.05, 3.63) is 88.0 Å². The molecule has 3 aromatic carbocycles. The number of methoxy groups -OCH3 is 3. The maximum atomic E-state index is 13.8. The molecule has 0 spiro atoms. The van der Waals surface area contributed by atoms with Gasteiger partial charge in [-0.25, -0.2) is 9.37 Å². The molecule has 0 unspecified atom stereocenters. The molecule has 4 aromatic rings. The minimum Gasteiger partial charge on any atom is -0.497 e. The average Bonchev–Trinajstić information content (AvgIpc) is 2.92. The summed E-state index contributed by atoms with van der Waals surface area (Å²) >= 11 is 1.32. The van der Waals surface area contributed by atoms with Crippen molar-refractivity contribution < 1.29 is 23.4 Å². The SMILES string of the molecule is COCCNC(=O)c1ccc2c(=O)n(-c3cc(OC)cc(OC)c3)c(SCc3ccc(F)cc3)nc2c1. The summed E-state index contributed by atoms with van der Waals surface area (Å²) in [5.74, 6) is 0.853. The number of rotatable bonds is 10. The monoisotopic (exact) mass is 523 g/mol. The van der Waals surface area contributed by atoms with E-state index in [2.05, 4.69) is 5.32 Å².